The molecule has 0 saturated heterocycles. The zero-order chi connectivity index (χ0) is 16.2. The van der Waals surface area contributed by atoms with E-state index in [2.05, 4.69) is 76.9 Å². The zero-order valence-corrected chi connectivity index (χ0v) is 18.5. The quantitative estimate of drug-likeness (QED) is 0.605. The molecule has 0 aliphatic heterocycles. The molecule has 0 aromatic carbocycles. The number of rotatable bonds is 8. The summed E-state index contributed by atoms with van der Waals surface area (Å²) in [5.74, 6) is 0. The molecule has 20 heavy (non-hydrogen) atoms. The molecule has 0 saturated carbocycles. The molecule has 0 aromatic rings. The van der Waals surface area contributed by atoms with Gasteiger partial charge in [-0.1, -0.05) is 53.0 Å². The van der Waals surface area contributed by atoms with E-state index < -0.39 is 25.5 Å². The molecule has 0 fully saturated rings. The molecule has 1 unspecified atom stereocenters. The third kappa shape index (κ3) is 5.97. The Morgan fingerprint density at radius 1 is 1.15 bits per heavy atom. The highest BCUT2D eigenvalue weighted by Crippen LogP contribution is 2.36. The van der Waals surface area contributed by atoms with Gasteiger partial charge in [-0.15, -0.1) is 6.58 Å². The van der Waals surface area contributed by atoms with Gasteiger partial charge in [0, 0.05) is 6.23 Å². The molecule has 0 spiro atoms. The molecule has 2 nitrogen and oxygen atoms in total. The van der Waals surface area contributed by atoms with Crippen molar-refractivity contribution in [3.8, 4) is 0 Å². The van der Waals surface area contributed by atoms with E-state index in [0.29, 0.717) is 5.04 Å². The molecule has 1 atom stereocenters. The number of hydrogen-bond donors (Lipinski definition) is 0. The van der Waals surface area contributed by atoms with Crippen molar-refractivity contribution in [3.05, 3.63) is 12.3 Å². The highest BCUT2D eigenvalue weighted by Gasteiger charge is 2.38. The van der Waals surface area contributed by atoms with Gasteiger partial charge in [0.25, 0.3) is 0 Å². The zero-order valence-electron chi connectivity index (χ0n) is 15.3. The van der Waals surface area contributed by atoms with E-state index in [0.717, 1.165) is 6.23 Å². The van der Waals surface area contributed by atoms with E-state index >= 15 is 0 Å². The second-order valence-electron chi connectivity index (χ2n) is 8.24. The Balaban J connectivity index is 4.89. The largest absolute Gasteiger partial charge is 0.418 e. The van der Waals surface area contributed by atoms with Gasteiger partial charge in [0.05, 0.1) is 0 Å². The Kier molecular flexibility index (Phi) is 7.65. The van der Waals surface area contributed by atoms with Gasteiger partial charge >= 0.3 is 0 Å². The van der Waals surface area contributed by atoms with E-state index in [4.69, 9.17) is 4.43 Å². The molecule has 0 bridgehead atoms. The first-order valence-electron chi connectivity index (χ1n) is 7.90. The van der Waals surface area contributed by atoms with Gasteiger partial charge < -0.3 is 8.66 Å². The van der Waals surface area contributed by atoms with Crippen LogP contribution in [0, 0.1) is 0 Å². The van der Waals surface area contributed by atoms with Gasteiger partial charge in [-0.05, 0) is 31.1 Å². The summed E-state index contributed by atoms with van der Waals surface area (Å²) >= 11 is 0. The van der Waals surface area contributed by atoms with Gasteiger partial charge in [-0.25, -0.2) is 0 Å². The average molecular weight is 332 g/mol. The van der Waals surface area contributed by atoms with E-state index in [9.17, 15) is 0 Å². The van der Waals surface area contributed by atoms with Gasteiger partial charge in [0.2, 0.25) is 0 Å². The first-order chi connectivity index (χ1) is 8.86. The van der Waals surface area contributed by atoms with Crippen LogP contribution in [0.5, 0.6) is 0 Å². The molecule has 0 N–H and O–H groups in total. The highest BCUT2D eigenvalue weighted by atomic mass is 28.4. The van der Waals surface area contributed by atoms with Crippen LogP contribution < -0.4 is 0 Å². The first kappa shape index (κ1) is 20.3. The molecule has 0 heterocycles. The van der Waals surface area contributed by atoms with Crippen molar-refractivity contribution in [1.82, 2.24) is 4.23 Å². The maximum absolute atomic E-state index is 6.48. The van der Waals surface area contributed by atoms with Crippen LogP contribution in [-0.4, -0.2) is 42.5 Å². The minimum Gasteiger partial charge on any atom is -0.418 e. The number of nitrogens with zero attached hydrogens (tertiary/aromatic N) is 1. The van der Waals surface area contributed by atoms with Crippen molar-refractivity contribution >= 4 is 25.5 Å². The van der Waals surface area contributed by atoms with Crippen molar-refractivity contribution in [3.63, 3.8) is 0 Å². The van der Waals surface area contributed by atoms with E-state index in [1.54, 1.807) is 0 Å². The smallest absolute Gasteiger partial charge is 0.191 e. The monoisotopic (exact) mass is 331 g/mol. The topological polar surface area (TPSA) is 12.5 Å². The molecule has 0 aliphatic rings. The summed E-state index contributed by atoms with van der Waals surface area (Å²) in [6, 6.07) is 0. The third-order valence-electron chi connectivity index (χ3n) is 4.42. The molecule has 0 radical (unpaired) electrons. The van der Waals surface area contributed by atoms with Crippen LogP contribution in [-0.2, 0) is 4.43 Å². The van der Waals surface area contributed by atoms with Gasteiger partial charge in [0.1, 0.15) is 8.24 Å². The second-order valence-corrected chi connectivity index (χ2v) is 21.0. The van der Waals surface area contributed by atoms with Crippen molar-refractivity contribution in [2.24, 2.45) is 0 Å². The molecule has 0 aromatic heterocycles. The average Bonchev–Trinajstić information content (AvgIpc) is 2.25. The van der Waals surface area contributed by atoms with E-state index in [1.165, 1.54) is 13.0 Å². The predicted molar refractivity (Wildman–Crippen MR) is 101 cm³/mol. The molecular formula is C15H37NOSi3. The van der Waals surface area contributed by atoms with Crippen LogP contribution in [0.3, 0.4) is 0 Å². The fraction of sp³-hybridized carbons (Fsp3) is 0.867. The second kappa shape index (κ2) is 7.54. The van der Waals surface area contributed by atoms with Gasteiger partial charge in [0.15, 0.2) is 17.3 Å². The van der Waals surface area contributed by atoms with E-state index in [1.807, 2.05) is 0 Å². The minimum absolute atomic E-state index is 0.294. The van der Waals surface area contributed by atoms with Crippen molar-refractivity contribution in [2.75, 3.05) is 12.8 Å². The molecule has 120 valence electrons. The lowest BCUT2D eigenvalue weighted by atomic mass is 10.2. The molecule has 5 heteroatoms. The van der Waals surface area contributed by atoms with E-state index in [-0.39, 0.29) is 0 Å². The minimum atomic E-state index is -1.64. The van der Waals surface area contributed by atoms with Crippen molar-refractivity contribution < 1.29 is 4.43 Å². The van der Waals surface area contributed by atoms with Gasteiger partial charge in [-0.2, -0.15) is 0 Å². The summed E-state index contributed by atoms with van der Waals surface area (Å²) in [7, 11) is -4.08. The van der Waals surface area contributed by atoms with Crippen LogP contribution in [0.2, 0.25) is 37.8 Å². The predicted octanol–water partition coefficient (Wildman–Crippen LogP) is 4.54. The summed E-state index contributed by atoms with van der Waals surface area (Å²) in [6.07, 6.45) is 2.16. The van der Waals surface area contributed by atoms with Crippen LogP contribution in [0.1, 0.15) is 34.1 Å². The number of hydrogen-bond acceptors (Lipinski definition) is 2. The normalized spacial score (nSPS) is 15.5. The third-order valence-corrected chi connectivity index (χ3v) is 16.6. The Bertz CT molecular complexity index is 305. The highest BCUT2D eigenvalue weighted by molar-refractivity contribution is 6.85. The maximum atomic E-state index is 6.48. The first-order valence-corrected chi connectivity index (χ1v) is 16.3. The van der Waals surface area contributed by atoms with Crippen LogP contribution >= 0.6 is 0 Å². The van der Waals surface area contributed by atoms with Crippen LogP contribution in [0.25, 0.3) is 0 Å². The van der Waals surface area contributed by atoms with Crippen molar-refractivity contribution in [2.45, 2.75) is 71.9 Å². The molecular weight excluding hydrogens is 294 g/mol. The Morgan fingerprint density at radius 2 is 1.65 bits per heavy atom. The Hall–Kier alpha value is 0.311. The molecule has 0 rings (SSSR count). The lowest BCUT2D eigenvalue weighted by Gasteiger charge is -2.42. The molecule has 0 amide bonds. The SMILES string of the molecule is C=C[SiH](CO[Si](C)(C)C(C)(C)C)N(CCC)[Si](C)(C)C. The summed E-state index contributed by atoms with van der Waals surface area (Å²) in [5.41, 5.74) is 2.22. The lowest BCUT2D eigenvalue weighted by Crippen LogP contribution is -2.57. The summed E-state index contributed by atoms with van der Waals surface area (Å²) in [6.45, 7) is 26.6. The lowest BCUT2D eigenvalue weighted by molar-refractivity contribution is 0.337. The Morgan fingerprint density at radius 3 is 1.95 bits per heavy atom. The summed E-state index contributed by atoms with van der Waals surface area (Å²) in [5, 5.41) is 0.294. The summed E-state index contributed by atoms with van der Waals surface area (Å²) in [4.78, 5) is 0. The fourth-order valence-corrected chi connectivity index (χ4v) is 11.4. The maximum Gasteiger partial charge on any atom is 0.191 e. The fourth-order valence-electron chi connectivity index (χ4n) is 2.04. The van der Waals surface area contributed by atoms with Crippen LogP contribution in [0.15, 0.2) is 12.3 Å². The summed E-state index contributed by atoms with van der Waals surface area (Å²) < 4.78 is 9.26. The van der Waals surface area contributed by atoms with Crippen LogP contribution in [0.4, 0.5) is 0 Å². The Labute approximate surface area is 131 Å². The standard InChI is InChI=1S/C15H37NOSi3/c1-11-13-16(19(6,7)8)18(12-2)14-17-20(9,10)15(3,4)5/h12,18H,2,11,13-14H2,1,3-10H3. The van der Waals surface area contributed by atoms with Crippen molar-refractivity contribution in [1.29, 1.82) is 0 Å². The van der Waals surface area contributed by atoms with Gasteiger partial charge in [-0.3, -0.25) is 0 Å². The molecule has 0 aliphatic carbocycles.